The monoisotopic (exact) mass is 318 g/mol. The summed E-state index contributed by atoms with van der Waals surface area (Å²) in [4.78, 5) is 14.1. The molecule has 1 fully saturated rings. The molecule has 0 saturated carbocycles. The van der Waals surface area contributed by atoms with Crippen LogP contribution in [0.5, 0.6) is 5.75 Å². The summed E-state index contributed by atoms with van der Waals surface area (Å²) >= 11 is 0. The number of aromatic hydroxyl groups is 1. The molecule has 0 aliphatic carbocycles. The first-order valence-electron chi connectivity index (χ1n) is 7.50. The summed E-state index contributed by atoms with van der Waals surface area (Å²) in [7, 11) is 1.71. The highest BCUT2D eigenvalue weighted by molar-refractivity contribution is 5.95. The van der Waals surface area contributed by atoms with E-state index in [0.29, 0.717) is 11.3 Å². The quantitative estimate of drug-likeness (QED) is 0.899. The fraction of sp³-hybridized carbons (Fsp3) is 0.375. The normalized spacial score (nSPS) is 17.4. The zero-order valence-corrected chi connectivity index (χ0v) is 13.1. The molecule has 0 radical (unpaired) electrons. The summed E-state index contributed by atoms with van der Waals surface area (Å²) < 4.78 is 14.6. The van der Waals surface area contributed by atoms with Crippen molar-refractivity contribution in [3.05, 3.63) is 41.5 Å². The second-order valence-corrected chi connectivity index (χ2v) is 5.80. The number of aromatic nitrogens is 2. The van der Waals surface area contributed by atoms with Gasteiger partial charge >= 0.3 is 0 Å². The molecule has 23 heavy (non-hydrogen) atoms. The summed E-state index contributed by atoms with van der Waals surface area (Å²) in [6.07, 6.45) is 2.25. The van der Waals surface area contributed by atoms with E-state index >= 15 is 0 Å². The number of amides is 1. The van der Waals surface area contributed by atoms with Crippen molar-refractivity contribution in [1.82, 2.24) is 20.0 Å². The Bertz CT molecular complexity index is 738. The molecule has 0 unspecified atom stereocenters. The number of carbonyl (C=O) groups is 1. The van der Waals surface area contributed by atoms with Crippen molar-refractivity contribution in [3.63, 3.8) is 0 Å². The maximum atomic E-state index is 13.2. The molecule has 1 atom stereocenters. The van der Waals surface area contributed by atoms with E-state index in [9.17, 15) is 14.3 Å². The van der Waals surface area contributed by atoms with Gasteiger partial charge in [0.15, 0.2) is 11.4 Å². The van der Waals surface area contributed by atoms with Gasteiger partial charge in [0.25, 0.3) is 5.91 Å². The zero-order chi connectivity index (χ0) is 16.6. The summed E-state index contributed by atoms with van der Waals surface area (Å²) in [5, 5.41) is 17.5. The average Bonchev–Trinajstić information content (AvgIpc) is 3.15. The second-order valence-electron chi connectivity index (χ2n) is 5.80. The third-order valence-electron chi connectivity index (χ3n) is 4.21. The van der Waals surface area contributed by atoms with Gasteiger partial charge in [-0.3, -0.25) is 4.79 Å². The molecule has 3 rings (SSSR count). The van der Waals surface area contributed by atoms with E-state index < -0.39 is 0 Å². The Kier molecular flexibility index (Phi) is 4.04. The molecular formula is C16H19FN4O2. The molecule has 1 aromatic carbocycles. The Hall–Kier alpha value is -2.41. The van der Waals surface area contributed by atoms with Crippen molar-refractivity contribution in [2.45, 2.75) is 19.4 Å². The Morgan fingerprint density at radius 3 is 2.96 bits per heavy atom. The van der Waals surface area contributed by atoms with Crippen LogP contribution in [0.25, 0.3) is 5.69 Å². The maximum absolute atomic E-state index is 13.2. The first kappa shape index (κ1) is 15.5. The number of rotatable bonds is 3. The van der Waals surface area contributed by atoms with Crippen LogP contribution in [0.15, 0.2) is 24.4 Å². The number of hydrogen-bond donors (Lipinski definition) is 2. The molecule has 122 valence electrons. The lowest BCUT2D eigenvalue weighted by molar-refractivity contribution is 0.0734. The van der Waals surface area contributed by atoms with Gasteiger partial charge < -0.3 is 15.3 Å². The minimum Gasteiger partial charge on any atom is -0.504 e. The molecule has 6 nitrogen and oxygen atoms in total. The van der Waals surface area contributed by atoms with Crippen LogP contribution in [-0.4, -0.2) is 51.9 Å². The minimum atomic E-state index is -0.340. The molecule has 1 aromatic heterocycles. The average molecular weight is 318 g/mol. The van der Waals surface area contributed by atoms with E-state index in [4.69, 9.17) is 0 Å². The zero-order valence-electron chi connectivity index (χ0n) is 13.1. The molecule has 7 heteroatoms. The largest absolute Gasteiger partial charge is 0.504 e. The van der Waals surface area contributed by atoms with Gasteiger partial charge in [0.2, 0.25) is 0 Å². The molecular weight excluding hydrogens is 299 g/mol. The van der Waals surface area contributed by atoms with E-state index in [1.807, 2.05) is 0 Å². The molecule has 2 N–H and O–H groups in total. The van der Waals surface area contributed by atoms with Crippen LogP contribution >= 0.6 is 0 Å². The standard InChI is InChI=1S/C16H19FN4O2/c1-10-7-11(17)3-4-13(10)21-9-14(22)15(19-21)16(23)20(2)12-5-6-18-8-12/h3-4,7,9,12,18,22H,5-6,8H2,1-2H3/t12-/m1/s1. The lowest BCUT2D eigenvalue weighted by Crippen LogP contribution is -2.38. The van der Waals surface area contributed by atoms with Crippen LogP contribution in [0.3, 0.4) is 0 Å². The number of carbonyl (C=O) groups excluding carboxylic acids is 1. The Morgan fingerprint density at radius 2 is 2.30 bits per heavy atom. The Balaban J connectivity index is 1.90. The minimum absolute atomic E-state index is 0.00289. The van der Waals surface area contributed by atoms with Gasteiger partial charge in [0.05, 0.1) is 11.9 Å². The van der Waals surface area contributed by atoms with Crippen molar-refractivity contribution in [1.29, 1.82) is 0 Å². The van der Waals surface area contributed by atoms with Crippen LogP contribution in [0, 0.1) is 12.7 Å². The number of hydrogen-bond acceptors (Lipinski definition) is 4. The first-order valence-corrected chi connectivity index (χ1v) is 7.50. The molecule has 2 aromatic rings. The summed E-state index contributed by atoms with van der Waals surface area (Å²) in [6.45, 7) is 3.35. The van der Waals surface area contributed by atoms with E-state index in [2.05, 4.69) is 10.4 Å². The smallest absolute Gasteiger partial charge is 0.278 e. The van der Waals surface area contributed by atoms with Crippen molar-refractivity contribution in [2.24, 2.45) is 0 Å². The van der Waals surface area contributed by atoms with Gasteiger partial charge in [-0.1, -0.05) is 0 Å². The number of nitrogens with one attached hydrogen (secondary N) is 1. The van der Waals surface area contributed by atoms with Gasteiger partial charge in [0, 0.05) is 19.6 Å². The van der Waals surface area contributed by atoms with Crippen LogP contribution in [0.2, 0.25) is 0 Å². The van der Waals surface area contributed by atoms with E-state index in [0.717, 1.165) is 19.5 Å². The van der Waals surface area contributed by atoms with Gasteiger partial charge in [-0.15, -0.1) is 0 Å². The third kappa shape index (κ3) is 2.92. The summed E-state index contributed by atoms with van der Waals surface area (Å²) in [5.74, 6) is -0.848. The lowest BCUT2D eigenvalue weighted by Gasteiger charge is -2.22. The van der Waals surface area contributed by atoms with Crippen LogP contribution in [0.1, 0.15) is 22.5 Å². The summed E-state index contributed by atoms with van der Waals surface area (Å²) in [5.41, 5.74) is 1.29. The molecule has 2 heterocycles. The number of benzene rings is 1. The van der Waals surface area contributed by atoms with Crippen molar-refractivity contribution >= 4 is 5.91 Å². The van der Waals surface area contributed by atoms with Crippen molar-refractivity contribution in [3.8, 4) is 11.4 Å². The predicted octanol–water partition coefficient (Wildman–Crippen LogP) is 1.46. The van der Waals surface area contributed by atoms with Gasteiger partial charge in [-0.2, -0.15) is 5.10 Å². The van der Waals surface area contributed by atoms with Crippen molar-refractivity contribution < 1.29 is 14.3 Å². The number of aryl methyl sites for hydroxylation is 1. The Labute approximate surface area is 133 Å². The molecule has 1 aliphatic heterocycles. The van der Waals surface area contributed by atoms with Gasteiger partial charge in [-0.05, 0) is 43.7 Å². The van der Waals surface area contributed by atoms with Crippen molar-refractivity contribution in [2.75, 3.05) is 20.1 Å². The fourth-order valence-electron chi connectivity index (χ4n) is 2.82. The predicted molar refractivity (Wildman–Crippen MR) is 83.3 cm³/mol. The molecule has 0 bridgehead atoms. The fourth-order valence-corrected chi connectivity index (χ4v) is 2.82. The second kappa shape index (κ2) is 6.00. The van der Waals surface area contributed by atoms with E-state index in [-0.39, 0.29) is 29.2 Å². The number of nitrogens with zero attached hydrogens (tertiary/aromatic N) is 3. The lowest BCUT2D eigenvalue weighted by atomic mass is 10.2. The molecule has 0 spiro atoms. The van der Waals surface area contributed by atoms with E-state index in [1.54, 1.807) is 24.9 Å². The number of halogens is 1. The highest BCUT2D eigenvalue weighted by Gasteiger charge is 2.28. The van der Waals surface area contributed by atoms with Gasteiger partial charge in [0.1, 0.15) is 5.82 Å². The van der Waals surface area contributed by atoms with Crippen LogP contribution < -0.4 is 5.32 Å². The highest BCUT2D eigenvalue weighted by atomic mass is 19.1. The van der Waals surface area contributed by atoms with Crippen LogP contribution in [0.4, 0.5) is 4.39 Å². The van der Waals surface area contributed by atoms with Gasteiger partial charge in [-0.25, -0.2) is 9.07 Å². The summed E-state index contributed by atoms with van der Waals surface area (Å²) in [6, 6.07) is 4.36. The van der Waals surface area contributed by atoms with Crippen LogP contribution in [-0.2, 0) is 0 Å². The SMILES string of the molecule is Cc1cc(F)ccc1-n1cc(O)c(C(=O)N(C)[C@@H]2CCNC2)n1. The third-order valence-corrected chi connectivity index (χ3v) is 4.21. The maximum Gasteiger partial charge on any atom is 0.278 e. The molecule has 1 saturated heterocycles. The Morgan fingerprint density at radius 1 is 1.52 bits per heavy atom. The topological polar surface area (TPSA) is 70.4 Å². The highest BCUT2D eigenvalue weighted by Crippen LogP contribution is 2.23. The molecule has 1 amide bonds. The van der Waals surface area contributed by atoms with E-state index in [1.165, 1.54) is 23.0 Å². The first-order chi connectivity index (χ1) is 11.0. The number of likely N-dealkylation sites (N-methyl/N-ethyl adjacent to an activating group) is 1. The molecule has 1 aliphatic rings.